The normalized spacial score (nSPS) is 18.8. The molecule has 0 aromatic heterocycles. The summed E-state index contributed by atoms with van der Waals surface area (Å²) in [5.74, 6) is 0.848. The molecule has 0 radical (unpaired) electrons. The van der Waals surface area contributed by atoms with Gasteiger partial charge in [-0.05, 0) is 24.6 Å². The number of nitrogens with two attached hydrogens (primary N) is 1. The molecule has 4 nitrogen and oxygen atoms in total. The SMILES string of the molecule is CCCCO[C@H]1CNc2cc(N)ccc2OC1. The number of nitrogens with one attached hydrogen (secondary N) is 1. The maximum Gasteiger partial charge on any atom is 0.142 e. The van der Waals surface area contributed by atoms with Crippen molar-refractivity contribution in [1.29, 1.82) is 0 Å². The molecule has 94 valence electrons. The predicted octanol–water partition coefficient (Wildman–Crippen LogP) is 2.26. The highest BCUT2D eigenvalue weighted by Gasteiger charge is 2.16. The van der Waals surface area contributed by atoms with Crippen molar-refractivity contribution in [3.05, 3.63) is 18.2 Å². The number of hydrogen-bond acceptors (Lipinski definition) is 4. The minimum atomic E-state index is 0.107. The number of unbranched alkanes of at least 4 members (excludes halogenated alkanes) is 1. The molecule has 0 saturated carbocycles. The number of nitrogen functional groups attached to an aromatic ring is 1. The number of ether oxygens (including phenoxy) is 2. The number of fused-ring (bicyclic) bond motifs is 1. The van der Waals surface area contributed by atoms with Crippen molar-refractivity contribution in [2.24, 2.45) is 0 Å². The van der Waals surface area contributed by atoms with E-state index in [1.165, 1.54) is 0 Å². The van der Waals surface area contributed by atoms with Crippen LogP contribution < -0.4 is 15.8 Å². The highest BCUT2D eigenvalue weighted by atomic mass is 16.5. The molecule has 17 heavy (non-hydrogen) atoms. The average Bonchev–Trinajstić information content (AvgIpc) is 2.52. The molecule has 4 heteroatoms. The Bertz CT molecular complexity index is 368. The molecule has 1 aromatic carbocycles. The first-order valence-corrected chi connectivity index (χ1v) is 6.17. The van der Waals surface area contributed by atoms with E-state index in [1.807, 2.05) is 18.2 Å². The molecule has 0 fully saturated rings. The van der Waals surface area contributed by atoms with Gasteiger partial charge in [-0.1, -0.05) is 13.3 Å². The van der Waals surface area contributed by atoms with Crippen LogP contribution in [0.1, 0.15) is 19.8 Å². The van der Waals surface area contributed by atoms with Crippen molar-refractivity contribution < 1.29 is 9.47 Å². The van der Waals surface area contributed by atoms with Crippen LogP contribution in [0.25, 0.3) is 0 Å². The molecule has 1 aromatic rings. The molecule has 0 unspecified atom stereocenters. The van der Waals surface area contributed by atoms with Crippen molar-refractivity contribution in [2.45, 2.75) is 25.9 Å². The average molecular weight is 236 g/mol. The van der Waals surface area contributed by atoms with Crippen LogP contribution in [0.2, 0.25) is 0 Å². The van der Waals surface area contributed by atoms with Crippen LogP contribution >= 0.6 is 0 Å². The second-order valence-electron chi connectivity index (χ2n) is 4.29. The standard InChI is InChI=1S/C13H20N2O2/c1-2-3-6-16-11-8-15-12-7-10(14)4-5-13(12)17-9-11/h4-5,7,11,15H,2-3,6,8-9,14H2,1H3/t11-/m0/s1. The summed E-state index contributed by atoms with van der Waals surface area (Å²) < 4.78 is 11.4. The highest BCUT2D eigenvalue weighted by Crippen LogP contribution is 2.28. The summed E-state index contributed by atoms with van der Waals surface area (Å²) >= 11 is 0. The third-order valence-electron chi connectivity index (χ3n) is 2.80. The fourth-order valence-corrected chi connectivity index (χ4v) is 1.78. The zero-order valence-corrected chi connectivity index (χ0v) is 10.2. The number of benzene rings is 1. The summed E-state index contributed by atoms with van der Waals surface area (Å²) in [6.45, 7) is 4.31. The Morgan fingerprint density at radius 2 is 2.41 bits per heavy atom. The summed E-state index contributed by atoms with van der Waals surface area (Å²) in [5.41, 5.74) is 7.43. The van der Waals surface area contributed by atoms with Crippen LogP contribution in [-0.4, -0.2) is 25.9 Å². The van der Waals surface area contributed by atoms with Gasteiger partial charge in [0.15, 0.2) is 0 Å². The van der Waals surface area contributed by atoms with E-state index in [2.05, 4.69) is 12.2 Å². The number of hydrogen-bond donors (Lipinski definition) is 2. The summed E-state index contributed by atoms with van der Waals surface area (Å²) in [4.78, 5) is 0. The molecule has 0 bridgehead atoms. The first kappa shape index (κ1) is 12.0. The van der Waals surface area contributed by atoms with Crippen LogP contribution in [-0.2, 0) is 4.74 Å². The molecule has 1 heterocycles. The third-order valence-corrected chi connectivity index (χ3v) is 2.80. The smallest absolute Gasteiger partial charge is 0.142 e. The Morgan fingerprint density at radius 3 is 3.24 bits per heavy atom. The van der Waals surface area contributed by atoms with E-state index >= 15 is 0 Å². The minimum absolute atomic E-state index is 0.107. The van der Waals surface area contributed by atoms with Crippen molar-refractivity contribution in [3.63, 3.8) is 0 Å². The van der Waals surface area contributed by atoms with Crippen LogP contribution in [0, 0.1) is 0 Å². The van der Waals surface area contributed by atoms with E-state index < -0.39 is 0 Å². The van der Waals surface area contributed by atoms with E-state index in [-0.39, 0.29) is 6.10 Å². The van der Waals surface area contributed by atoms with Gasteiger partial charge in [0.05, 0.1) is 5.69 Å². The zero-order chi connectivity index (χ0) is 12.1. The Kier molecular flexibility index (Phi) is 4.09. The molecular formula is C13H20N2O2. The molecule has 0 amide bonds. The summed E-state index contributed by atoms with van der Waals surface area (Å²) in [5, 5.41) is 3.31. The van der Waals surface area contributed by atoms with Crippen LogP contribution in [0.4, 0.5) is 11.4 Å². The Labute approximate surface area is 102 Å². The fraction of sp³-hybridized carbons (Fsp3) is 0.538. The molecule has 0 saturated heterocycles. The molecule has 1 aliphatic heterocycles. The minimum Gasteiger partial charge on any atom is -0.489 e. The first-order chi connectivity index (χ1) is 8.29. The van der Waals surface area contributed by atoms with Gasteiger partial charge in [-0.15, -0.1) is 0 Å². The van der Waals surface area contributed by atoms with Crippen molar-refractivity contribution in [3.8, 4) is 5.75 Å². The predicted molar refractivity (Wildman–Crippen MR) is 69.5 cm³/mol. The molecular weight excluding hydrogens is 216 g/mol. The maximum atomic E-state index is 5.75. The first-order valence-electron chi connectivity index (χ1n) is 6.17. The quantitative estimate of drug-likeness (QED) is 0.622. The topological polar surface area (TPSA) is 56.5 Å². The second-order valence-corrected chi connectivity index (χ2v) is 4.29. The molecule has 2 rings (SSSR count). The second kappa shape index (κ2) is 5.77. The molecule has 0 spiro atoms. The molecule has 0 aliphatic carbocycles. The largest absolute Gasteiger partial charge is 0.489 e. The van der Waals surface area contributed by atoms with Gasteiger partial charge >= 0.3 is 0 Å². The number of rotatable bonds is 4. The van der Waals surface area contributed by atoms with E-state index in [0.717, 1.165) is 43.1 Å². The Morgan fingerprint density at radius 1 is 1.53 bits per heavy atom. The van der Waals surface area contributed by atoms with Crippen molar-refractivity contribution >= 4 is 11.4 Å². The van der Waals surface area contributed by atoms with Gasteiger partial charge < -0.3 is 20.5 Å². The lowest BCUT2D eigenvalue weighted by molar-refractivity contribution is 0.0299. The third kappa shape index (κ3) is 3.27. The van der Waals surface area contributed by atoms with Crippen LogP contribution in [0.5, 0.6) is 5.75 Å². The summed E-state index contributed by atoms with van der Waals surface area (Å²) in [6.07, 6.45) is 2.35. The lowest BCUT2D eigenvalue weighted by atomic mass is 10.2. The van der Waals surface area contributed by atoms with Gasteiger partial charge in [-0.2, -0.15) is 0 Å². The molecule has 3 N–H and O–H groups in total. The van der Waals surface area contributed by atoms with E-state index in [4.69, 9.17) is 15.2 Å². The van der Waals surface area contributed by atoms with Crippen molar-refractivity contribution in [2.75, 3.05) is 30.8 Å². The molecule has 1 aliphatic rings. The molecule has 1 atom stereocenters. The monoisotopic (exact) mass is 236 g/mol. The zero-order valence-electron chi connectivity index (χ0n) is 10.2. The van der Waals surface area contributed by atoms with Crippen molar-refractivity contribution in [1.82, 2.24) is 0 Å². The maximum absolute atomic E-state index is 5.75. The van der Waals surface area contributed by atoms with Gasteiger partial charge in [0.2, 0.25) is 0 Å². The van der Waals surface area contributed by atoms with Crippen LogP contribution in [0.3, 0.4) is 0 Å². The van der Waals surface area contributed by atoms with Crippen LogP contribution in [0.15, 0.2) is 18.2 Å². The van der Waals surface area contributed by atoms with Gasteiger partial charge in [-0.25, -0.2) is 0 Å². The number of anilines is 2. The van der Waals surface area contributed by atoms with Gasteiger partial charge in [-0.3, -0.25) is 0 Å². The lowest BCUT2D eigenvalue weighted by Crippen LogP contribution is -2.27. The summed E-state index contributed by atoms with van der Waals surface area (Å²) in [6, 6.07) is 5.63. The highest BCUT2D eigenvalue weighted by molar-refractivity contribution is 5.63. The van der Waals surface area contributed by atoms with E-state index in [9.17, 15) is 0 Å². The summed E-state index contributed by atoms with van der Waals surface area (Å²) in [7, 11) is 0. The van der Waals surface area contributed by atoms with Gasteiger partial charge in [0.25, 0.3) is 0 Å². The fourth-order valence-electron chi connectivity index (χ4n) is 1.78. The lowest BCUT2D eigenvalue weighted by Gasteiger charge is -2.14. The van der Waals surface area contributed by atoms with E-state index in [1.54, 1.807) is 0 Å². The van der Waals surface area contributed by atoms with E-state index in [0.29, 0.717) is 6.61 Å². The van der Waals surface area contributed by atoms with Gasteiger partial charge in [0, 0.05) is 18.8 Å². The Hall–Kier alpha value is -1.42. The Balaban J connectivity index is 1.92. The van der Waals surface area contributed by atoms with Gasteiger partial charge in [0.1, 0.15) is 18.5 Å².